The predicted molar refractivity (Wildman–Crippen MR) is 69.9 cm³/mol. The van der Waals surface area contributed by atoms with E-state index in [0.717, 1.165) is 12.8 Å². The van der Waals surface area contributed by atoms with Gasteiger partial charge in [0.05, 0.1) is 5.60 Å². The molecule has 1 aromatic rings. The summed E-state index contributed by atoms with van der Waals surface area (Å²) in [6, 6.07) is 2.51. The van der Waals surface area contributed by atoms with E-state index in [0.29, 0.717) is 24.2 Å². The summed E-state index contributed by atoms with van der Waals surface area (Å²) in [5.41, 5.74) is -0.972. The first-order valence-electron chi connectivity index (χ1n) is 5.88. The largest absolute Gasteiger partial charge is 0.477 e. The summed E-state index contributed by atoms with van der Waals surface area (Å²) >= 11 is 0.698. The topological polar surface area (TPSA) is 104 Å². The molecule has 1 heterocycles. The number of aromatic carboxylic acids is 1. The van der Waals surface area contributed by atoms with Crippen LogP contribution in [0.3, 0.4) is 0 Å². The van der Waals surface area contributed by atoms with Gasteiger partial charge in [0.25, 0.3) is 0 Å². The van der Waals surface area contributed by atoms with Gasteiger partial charge in [0, 0.05) is 6.54 Å². The van der Waals surface area contributed by atoms with Crippen molar-refractivity contribution in [2.45, 2.75) is 35.5 Å². The van der Waals surface area contributed by atoms with Crippen molar-refractivity contribution in [1.82, 2.24) is 4.72 Å². The Hall–Kier alpha value is -0.960. The van der Waals surface area contributed by atoms with Crippen molar-refractivity contribution in [3.05, 3.63) is 17.0 Å². The van der Waals surface area contributed by atoms with Gasteiger partial charge in [-0.2, -0.15) is 0 Å². The van der Waals surface area contributed by atoms with Crippen molar-refractivity contribution in [3.8, 4) is 0 Å². The average Bonchev–Trinajstić information content (AvgIpc) is 2.96. The molecule has 1 aliphatic carbocycles. The van der Waals surface area contributed by atoms with Crippen LogP contribution in [0.15, 0.2) is 16.3 Å². The molecule has 0 aliphatic heterocycles. The number of thiophene rings is 1. The molecule has 1 aromatic heterocycles. The number of hydrogen-bond acceptors (Lipinski definition) is 5. The van der Waals surface area contributed by atoms with Gasteiger partial charge in [-0.1, -0.05) is 12.8 Å². The Morgan fingerprint density at radius 1 is 1.37 bits per heavy atom. The summed E-state index contributed by atoms with van der Waals surface area (Å²) in [6.45, 7) is -0.0321. The highest BCUT2D eigenvalue weighted by Gasteiger charge is 2.32. The van der Waals surface area contributed by atoms with Crippen LogP contribution >= 0.6 is 11.3 Å². The van der Waals surface area contributed by atoms with Crippen LogP contribution in [0.25, 0.3) is 0 Å². The van der Waals surface area contributed by atoms with Crippen molar-refractivity contribution in [3.63, 3.8) is 0 Å². The number of carbonyl (C=O) groups is 1. The second-order valence-electron chi connectivity index (χ2n) is 4.68. The standard InChI is InChI=1S/C11H15NO5S2/c13-10(14)8-3-4-9(18-8)19(16,17)12-7-11(15)5-1-2-6-11/h3-4,12,15H,1-2,5-7H2,(H,13,14). The molecule has 1 aliphatic rings. The van der Waals surface area contributed by atoms with Crippen LogP contribution in [0.1, 0.15) is 35.4 Å². The molecule has 19 heavy (non-hydrogen) atoms. The van der Waals surface area contributed by atoms with Crippen LogP contribution < -0.4 is 4.72 Å². The first-order valence-corrected chi connectivity index (χ1v) is 8.18. The molecule has 0 unspecified atom stereocenters. The molecule has 0 amide bonds. The van der Waals surface area contributed by atoms with E-state index in [4.69, 9.17) is 5.11 Å². The number of aliphatic hydroxyl groups is 1. The van der Waals surface area contributed by atoms with E-state index in [1.807, 2.05) is 0 Å². The number of carboxylic acids is 1. The molecule has 1 fully saturated rings. The maximum absolute atomic E-state index is 12.0. The molecule has 1 saturated carbocycles. The van der Waals surface area contributed by atoms with Gasteiger partial charge in [0.15, 0.2) is 0 Å². The van der Waals surface area contributed by atoms with Gasteiger partial charge in [-0.25, -0.2) is 17.9 Å². The Kier molecular flexibility index (Phi) is 3.95. The highest BCUT2D eigenvalue weighted by molar-refractivity contribution is 7.91. The highest BCUT2D eigenvalue weighted by Crippen LogP contribution is 2.29. The van der Waals surface area contributed by atoms with Gasteiger partial charge in [0.2, 0.25) is 10.0 Å². The van der Waals surface area contributed by atoms with E-state index in [-0.39, 0.29) is 15.6 Å². The van der Waals surface area contributed by atoms with Crippen LogP contribution in [0, 0.1) is 0 Å². The van der Waals surface area contributed by atoms with Gasteiger partial charge in [0.1, 0.15) is 9.09 Å². The quantitative estimate of drug-likeness (QED) is 0.754. The van der Waals surface area contributed by atoms with Crippen molar-refractivity contribution in [1.29, 1.82) is 0 Å². The molecule has 0 spiro atoms. The second-order valence-corrected chi connectivity index (χ2v) is 7.76. The Morgan fingerprint density at radius 2 is 2.00 bits per heavy atom. The SMILES string of the molecule is O=C(O)c1ccc(S(=O)(=O)NCC2(O)CCCC2)s1. The zero-order valence-corrected chi connectivity index (χ0v) is 11.8. The van der Waals surface area contributed by atoms with Crippen molar-refractivity contribution in [2.24, 2.45) is 0 Å². The van der Waals surface area contributed by atoms with E-state index < -0.39 is 21.6 Å². The molecule has 0 aromatic carbocycles. The summed E-state index contributed by atoms with van der Waals surface area (Å²) in [6.07, 6.45) is 2.95. The molecule has 0 bridgehead atoms. The van der Waals surface area contributed by atoms with E-state index in [2.05, 4.69) is 4.72 Å². The van der Waals surface area contributed by atoms with Crippen LogP contribution in [-0.4, -0.2) is 36.7 Å². The summed E-state index contributed by atoms with van der Waals surface area (Å²) in [7, 11) is -3.75. The zero-order valence-electron chi connectivity index (χ0n) is 10.1. The van der Waals surface area contributed by atoms with Gasteiger partial charge in [-0.3, -0.25) is 0 Å². The van der Waals surface area contributed by atoms with Gasteiger partial charge in [-0.05, 0) is 25.0 Å². The molecule has 0 atom stereocenters. The molecule has 0 saturated heterocycles. The third kappa shape index (κ3) is 3.33. The molecule has 2 rings (SSSR count). The van der Waals surface area contributed by atoms with E-state index >= 15 is 0 Å². The molecule has 3 N–H and O–H groups in total. The van der Waals surface area contributed by atoms with E-state index in [1.54, 1.807) is 0 Å². The second kappa shape index (κ2) is 5.20. The lowest BCUT2D eigenvalue weighted by molar-refractivity contribution is 0.0531. The monoisotopic (exact) mass is 305 g/mol. The fourth-order valence-electron chi connectivity index (χ4n) is 2.09. The van der Waals surface area contributed by atoms with E-state index in [1.165, 1.54) is 12.1 Å². The van der Waals surface area contributed by atoms with Crippen molar-refractivity contribution < 1.29 is 23.4 Å². The number of carboxylic acid groups (broad SMARTS) is 1. The molecular formula is C11H15NO5S2. The lowest BCUT2D eigenvalue weighted by Crippen LogP contribution is -2.40. The fourth-order valence-corrected chi connectivity index (χ4v) is 4.40. The number of rotatable bonds is 5. The Morgan fingerprint density at radius 3 is 2.53 bits per heavy atom. The summed E-state index contributed by atoms with van der Waals surface area (Å²) in [5, 5.41) is 18.8. The summed E-state index contributed by atoms with van der Waals surface area (Å²) < 4.78 is 26.2. The highest BCUT2D eigenvalue weighted by atomic mass is 32.2. The normalized spacial score (nSPS) is 18.6. The van der Waals surface area contributed by atoms with Crippen molar-refractivity contribution >= 4 is 27.3 Å². The third-order valence-electron chi connectivity index (χ3n) is 3.18. The van der Waals surface area contributed by atoms with Crippen LogP contribution in [-0.2, 0) is 10.0 Å². The molecular weight excluding hydrogens is 290 g/mol. The Balaban J connectivity index is 2.07. The third-order valence-corrected chi connectivity index (χ3v) is 6.15. The lowest BCUT2D eigenvalue weighted by atomic mass is 10.0. The van der Waals surface area contributed by atoms with Gasteiger partial charge in [-0.15, -0.1) is 11.3 Å². The van der Waals surface area contributed by atoms with Crippen LogP contribution in [0.4, 0.5) is 0 Å². The van der Waals surface area contributed by atoms with E-state index in [9.17, 15) is 18.3 Å². The van der Waals surface area contributed by atoms with Crippen LogP contribution in [0.2, 0.25) is 0 Å². The molecule has 106 valence electrons. The lowest BCUT2D eigenvalue weighted by Gasteiger charge is -2.21. The minimum Gasteiger partial charge on any atom is -0.477 e. The zero-order chi connectivity index (χ0) is 14.1. The first-order chi connectivity index (χ1) is 8.82. The molecule has 6 nitrogen and oxygen atoms in total. The van der Waals surface area contributed by atoms with Gasteiger partial charge >= 0.3 is 5.97 Å². The number of hydrogen-bond donors (Lipinski definition) is 3. The first kappa shape index (κ1) is 14.4. The van der Waals surface area contributed by atoms with Crippen LogP contribution in [0.5, 0.6) is 0 Å². The maximum atomic E-state index is 12.0. The minimum absolute atomic E-state index is 0.0278. The minimum atomic E-state index is -3.75. The fraction of sp³-hybridized carbons (Fsp3) is 0.545. The Labute approximate surface area is 115 Å². The van der Waals surface area contributed by atoms with Gasteiger partial charge < -0.3 is 10.2 Å². The summed E-state index contributed by atoms with van der Waals surface area (Å²) in [5.74, 6) is -1.15. The smallest absolute Gasteiger partial charge is 0.345 e. The number of sulfonamides is 1. The Bertz CT molecular complexity index is 572. The maximum Gasteiger partial charge on any atom is 0.345 e. The number of nitrogens with one attached hydrogen (secondary N) is 1. The van der Waals surface area contributed by atoms with Crippen molar-refractivity contribution in [2.75, 3.05) is 6.54 Å². The molecule has 8 heteroatoms. The predicted octanol–water partition coefficient (Wildman–Crippen LogP) is 1.03. The molecule has 0 radical (unpaired) electrons. The average molecular weight is 305 g/mol. The summed E-state index contributed by atoms with van der Waals surface area (Å²) in [4.78, 5) is 10.7.